The summed E-state index contributed by atoms with van der Waals surface area (Å²) in [6.45, 7) is 8.13. The summed E-state index contributed by atoms with van der Waals surface area (Å²) in [6.07, 6.45) is 5.01. The van der Waals surface area contributed by atoms with Gasteiger partial charge in [-0.05, 0) is 31.6 Å². The van der Waals surface area contributed by atoms with Gasteiger partial charge in [0.2, 0.25) is 0 Å². The van der Waals surface area contributed by atoms with Gasteiger partial charge in [0.15, 0.2) is 0 Å². The minimum Gasteiger partial charge on any atom is -0.370 e. The molecule has 1 aliphatic heterocycles. The van der Waals surface area contributed by atoms with Crippen LogP contribution in [0.3, 0.4) is 0 Å². The van der Waals surface area contributed by atoms with Crippen molar-refractivity contribution < 1.29 is 0 Å². The van der Waals surface area contributed by atoms with Crippen molar-refractivity contribution in [2.24, 2.45) is 0 Å². The van der Waals surface area contributed by atoms with Crippen LogP contribution in [0.5, 0.6) is 0 Å². The van der Waals surface area contributed by atoms with Gasteiger partial charge in [-0.25, -0.2) is 0 Å². The average molecular weight is 205 g/mol. The number of nitrogens with zero attached hydrogens (tertiary/aromatic N) is 3. The summed E-state index contributed by atoms with van der Waals surface area (Å²) in [7, 11) is 0. The van der Waals surface area contributed by atoms with Crippen LogP contribution in [0.1, 0.15) is 13.3 Å². The molecule has 1 aromatic heterocycles. The molecule has 0 saturated carbocycles. The normalized spacial score (nSPS) is 18.9. The molecule has 3 nitrogen and oxygen atoms in total. The van der Waals surface area contributed by atoms with Gasteiger partial charge in [-0.3, -0.25) is 4.98 Å². The number of aromatic nitrogens is 1. The molecule has 0 radical (unpaired) electrons. The Morgan fingerprint density at radius 3 is 2.67 bits per heavy atom. The van der Waals surface area contributed by atoms with E-state index in [0.717, 1.165) is 6.54 Å². The predicted octanol–water partition coefficient (Wildman–Crippen LogP) is 1.61. The van der Waals surface area contributed by atoms with E-state index < -0.39 is 0 Å². The van der Waals surface area contributed by atoms with E-state index >= 15 is 0 Å². The van der Waals surface area contributed by atoms with Crippen molar-refractivity contribution in [3.05, 3.63) is 24.5 Å². The minimum atomic E-state index is 1.14. The largest absolute Gasteiger partial charge is 0.370 e. The summed E-state index contributed by atoms with van der Waals surface area (Å²) >= 11 is 0. The van der Waals surface area contributed by atoms with Crippen molar-refractivity contribution in [2.45, 2.75) is 13.3 Å². The van der Waals surface area contributed by atoms with Gasteiger partial charge >= 0.3 is 0 Å². The lowest BCUT2D eigenvalue weighted by Gasteiger charge is -2.22. The van der Waals surface area contributed by atoms with Crippen LogP contribution in [0, 0.1) is 0 Å². The first-order valence-corrected chi connectivity index (χ1v) is 5.77. The molecule has 1 saturated heterocycles. The van der Waals surface area contributed by atoms with Crippen molar-refractivity contribution in [1.29, 1.82) is 0 Å². The number of pyridine rings is 1. The predicted molar refractivity (Wildman–Crippen MR) is 63.2 cm³/mol. The first-order valence-electron chi connectivity index (χ1n) is 5.77. The summed E-state index contributed by atoms with van der Waals surface area (Å²) in [5, 5.41) is 0. The molecule has 0 unspecified atom stereocenters. The van der Waals surface area contributed by atoms with Crippen LogP contribution < -0.4 is 4.90 Å². The molecule has 1 fully saturated rings. The molecule has 82 valence electrons. The fourth-order valence-corrected chi connectivity index (χ4v) is 2.10. The lowest BCUT2D eigenvalue weighted by molar-refractivity contribution is 0.310. The van der Waals surface area contributed by atoms with Crippen molar-refractivity contribution >= 4 is 5.69 Å². The summed E-state index contributed by atoms with van der Waals surface area (Å²) in [6, 6.07) is 4.20. The van der Waals surface area contributed by atoms with Gasteiger partial charge in [0.1, 0.15) is 0 Å². The van der Waals surface area contributed by atoms with Gasteiger partial charge in [-0.2, -0.15) is 0 Å². The highest BCUT2D eigenvalue weighted by Gasteiger charge is 2.13. The maximum absolute atomic E-state index is 4.06. The lowest BCUT2D eigenvalue weighted by atomic mass is 10.3. The monoisotopic (exact) mass is 205 g/mol. The van der Waals surface area contributed by atoms with E-state index in [1.165, 1.54) is 38.3 Å². The molecule has 0 atom stereocenters. The second-order valence-electron chi connectivity index (χ2n) is 3.98. The molecule has 2 heterocycles. The van der Waals surface area contributed by atoms with Gasteiger partial charge in [-0.15, -0.1) is 0 Å². The third kappa shape index (κ3) is 2.69. The SMILES string of the molecule is CCN1CCCN(c2ccncc2)CC1. The summed E-state index contributed by atoms with van der Waals surface area (Å²) < 4.78 is 0. The van der Waals surface area contributed by atoms with Crippen LogP contribution in [0.2, 0.25) is 0 Å². The van der Waals surface area contributed by atoms with Gasteiger partial charge < -0.3 is 9.80 Å². The van der Waals surface area contributed by atoms with Crippen LogP contribution in [-0.2, 0) is 0 Å². The van der Waals surface area contributed by atoms with Gasteiger partial charge in [0.25, 0.3) is 0 Å². The molecule has 3 heteroatoms. The molecule has 1 aliphatic rings. The summed E-state index contributed by atoms with van der Waals surface area (Å²) in [4.78, 5) is 9.03. The van der Waals surface area contributed by atoms with Gasteiger partial charge in [-0.1, -0.05) is 6.92 Å². The van der Waals surface area contributed by atoms with Crippen LogP contribution >= 0.6 is 0 Å². The minimum absolute atomic E-state index is 1.14. The molecule has 0 aliphatic carbocycles. The average Bonchev–Trinajstić information content (AvgIpc) is 2.55. The van der Waals surface area contributed by atoms with E-state index in [1.54, 1.807) is 0 Å². The zero-order valence-electron chi connectivity index (χ0n) is 9.39. The standard InChI is InChI=1S/C12H19N3/c1-2-14-8-3-9-15(11-10-14)12-4-6-13-7-5-12/h4-7H,2-3,8-11H2,1H3. The quantitative estimate of drug-likeness (QED) is 0.731. The molecule has 0 N–H and O–H groups in total. The molecule has 0 bridgehead atoms. The Morgan fingerprint density at radius 2 is 1.93 bits per heavy atom. The van der Waals surface area contributed by atoms with E-state index in [4.69, 9.17) is 0 Å². The van der Waals surface area contributed by atoms with Crippen molar-refractivity contribution in [3.8, 4) is 0 Å². The fourth-order valence-electron chi connectivity index (χ4n) is 2.10. The smallest absolute Gasteiger partial charge is 0.0397 e. The summed E-state index contributed by atoms with van der Waals surface area (Å²) in [5.74, 6) is 0. The highest BCUT2D eigenvalue weighted by molar-refractivity contribution is 5.44. The molecule has 0 aromatic carbocycles. The number of anilines is 1. The van der Waals surface area contributed by atoms with Crippen molar-refractivity contribution in [1.82, 2.24) is 9.88 Å². The molecular weight excluding hydrogens is 186 g/mol. The van der Waals surface area contributed by atoms with Gasteiger partial charge in [0.05, 0.1) is 0 Å². The number of hydrogen-bond donors (Lipinski definition) is 0. The third-order valence-electron chi connectivity index (χ3n) is 3.06. The molecule has 15 heavy (non-hydrogen) atoms. The Bertz CT molecular complexity index is 286. The third-order valence-corrected chi connectivity index (χ3v) is 3.06. The topological polar surface area (TPSA) is 19.4 Å². The summed E-state index contributed by atoms with van der Waals surface area (Å²) in [5.41, 5.74) is 1.31. The van der Waals surface area contributed by atoms with E-state index in [1.807, 2.05) is 12.4 Å². The zero-order valence-corrected chi connectivity index (χ0v) is 9.39. The van der Waals surface area contributed by atoms with Gasteiger partial charge in [0, 0.05) is 37.7 Å². The number of likely N-dealkylation sites (N-methyl/N-ethyl adjacent to an activating group) is 1. The Morgan fingerprint density at radius 1 is 1.13 bits per heavy atom. The van der Waals surface area contributed by atoms with Crippen molar-refractivity contribution in [2.75, 3.05) is 37.6 Å². The first-order chi connectivity index (χ1) is 7.40. The molecule has 1 aromatic rings. The van der Waals surface area contributed by atoms with E-state index in [2.05, 4.69) is 33.8 Å². The first kappa shape index (κ1) is 10.4. The molecule has 2 rings (SSSR count). The number of hydrogen-bond acceptors (Lipinski definition) is 3. The Balaban J connectivity index is 2.00. The van der Waals surface area contributed by atoms with Crippen LogP contribution in [0.4, 0.5) is 5.69 Å². The van der Waals surface area contributed by atoms with E-state index in [0.29, 0.717) is 0 Å². The highest BCUT2D eigenvalue weighted by atomic mass is 15.2. The second-order valence-corrected chi connectivity index (χ2v) is 3.98. The Labute approximate surface area is 91.7 Å². The van der Waals surface area contributed by atoms with E-state index in [-0.39, 0.29) is 0 Å². The van der Waals surface area contributed by atoms with Crippen LogP contribution in [0.15, 0.2) is 24.5 Å². The van der Waals surface area contributed by atoms with Crippen LogP contribution in [-0.4, -0.2) is 42.6 Å². The Kier molecular flexibility index (Phi) is 3.56. The molecule has 0 spiro atoms. The van der Waals surface area contributed by atoms with Crippen molar-refractivity contribution in [3.63, 3.8) is 0 Å². The number of rotatable bonds is 2. The zero-order chi connectivity index (χ0) is 10.5. The fraction of sp³-hybridized carbons (Fsp3) is 0.583. The maximum Gasteiger partial charge on any atom is 0.0397 e. The Hall–Kier alpha value is -1.09. The maximum atomic E-state index is 4.06. The highest BCUT2D eigenvalue weighted by Crippen LogP contribution is 2.14. The lowest BCUT2D eigenvalue weighted by Crippen LogP contribution is -2.30. The van der Waals surface area contributed by atoms with E-state index in [9.17, 15) is 0 Å². The van der Waals surface area contributed by atoms with Crippen LogP contribution in [0.25, 0.3) is 0 Å². The second kappa shape index (κ2) is 5.12. The molecule has 0 amide bonds. The molecular formula is C12H19N3.